The first-order valence-electron chi connectivity index (χ1n) is 11.6. The zero-order chi connectivity index (χ0) is 24.0. The predicted molar refractivity (Wildman–Crippen MR) is 132 cm³/mol. The molecule has 1 amide bonds. The van der Waals surface area contributed by atoms with Crippen LogP contribution in [0.5, 0.6) is 11.6 Å². The van der Waals surface area contributed by atoms with Gasteiger partial charge in [0.2, 0.25) is 11.8 Å². The highest BCUT2D eigenvalue weighted by molar-refractivity contribution is 5.98. The molecule has 35 heavy (non-hydrogen) atoms. The third-order valence-electron chi connectivity index (χ3n) is 6.85. The van der Waals surface area contributed by atoms with Crippen molar-refractivity contribution in [3.8, 4) is 22.9 Å². The van der Waals surface area contributed by atoms with Crippen molar-refractivity contribution in [2.24, 2.45) is 5.41 Å². The fourth-order valence-corrected chi connectivity index (χ4v) is 5.18. The summed E-state index contributed by atoms with van der Waals surface area (Å²) in [6, 6.07) is 13.5. The van der Waals surface area contributed by atoms with Crippen LogP contribution in [0.25, 0.3) is 22.3 Å². The number of likely N-dealkylation sites (tertiary alicyclic amines) is 1. The Morgan fingerprint density at radius 3 is 2.63 bits per heavy atom. The van der Waals surface area contributed by atoms with Gasteiger partial charge in [0.05, 0.1) is 11.4 Å². The molecule has 3 aromatic heterocycles. The van der Waals surface area contributed by atoms with Gasteiger partial charge in [-0.3, -0.25) is 4.79 Å². The summed E-state index contributed by atoms with van der Waals surface area (Å²) in [6.45, 7) is 3.45. The molecular weight excluding hydrogens is 442 g/mol. The number of nitrogens with two attached hydrogens (primary N) is 1. The number of pyridine rings is 1. The highest BCUT2D eigenvalue weighted by Gasteiger charge is 2.54. The molecule has 2 N–H and O–H groups in total. The number of fused-ring (bicyclic) bond motifs is 1. The SMILES string of the molecule is C/C=C/C(=O)N1CC2(CC(n3nc(-c4ccc(Oc5ccccc5)nc4)c4c(N)ncnc43)C2)C1. The average Bonchev–Trinajstić information content (AvgIpc) is 3.19. The molecule has 6 rings (SSSR count). The lowest BCUT2D eigenvalue weighted by atomic mass is 9.60. The Morgan fingerprint density at radius 1 is 1.11 bits per heavy atom. The summed E-state index contributed by atoms with van der Waals surface area (Å²) in [7, 11) is 0. The summed E-state index contributed by atoms with van der Waals surface area (Å²) in [4.78, 5) is 27.2. The summed E-state index contributed by atoms with van der Waals surface area (Å²) in [5, 5.41) is 5.65. The van der Waals surface area contributed by atoms with E-state index in [9.17, 15) is 4.79 Å². The van der Waals surface area contributed by atoms with Crippen LogP contribution in [0.1, 0.15) is 25.8 Å². The normalized spacial score (nSPS) is 17.0. The van der Waals surface area contributed by atoms with Crippen LogP contribution in [0.15, 0.2) is 67.1 Å². The Bertz CT molecular complexity index is 1420. The maximum atomic E-state index is 12.1. The number of anilines is 1. The van der Waals surface area contributed by atoms with Crippen LogP contribution in [-0.4, -0.2) is 48.6 Å². The van der Waals surface area contributed by atoms with Crippen molar-refractivity contribution in [1.29, 1.82) is 0 Å². The Balaban J connectivity index is 1.25. The van der Waals surface area contributed by atoms with Gasteiger partial charge in [-0.05, 0) is 44.0 Å². The number of benzene rings is 1. The third kappa shape index (κ3) is 3.69. The van der Waals surface area contributed by atoms with E-state index in [0.29, 0.717) is 17.4 Å². The first kappa shape index (κ1) is 21.3. The first-order valence-corrected chi connectivity index (χ1v) is 11.6. The van der Waals surface area contributed by atoms with Crippen molar-refractivity contribution >= 4 is 22.8 Å². The number of carbonyl (C=O) groups excluding carboxylic acids is 1. The van der Waals surface area contributed by atoms with Crippen LogP contribution < -0.4 is 10.5 Å². The number of rotatable bonds is 5. The number of hydrogen-bond donors (Lipinski definition) is 1. The molecule has 2 aliphatic rings. The van der Waals surface area contributed by atoms with Crippen molar-refractivity contribution in [3.63, 3.8) is 0 Å². The Kier molecular flexibility index (Phi) is 4.98. The van der Waals surface area contributed by atoms with Gasteiger partial charge in [-0.2, -0.15) is 5.10 Å². The highest BCUT2D eigenvalue weighted by Crippen LogP contribution is 2.54. The van der Waals surface area contributed by atoms with Crippen molar-refractivity contribution in [1.82, 2.24) is 29.6 Å². The maximum absolute atomic E-state index is 12.1. The number of ether oxygens (including phenoxy) is 1. The van der Waals surface area contributed by atoms with Crippen LogP contribution in [-0.2, 0) is 4.79 Å². The van der Waals surface area contributed by atoms with Gasteiger partial charge in [-0.1, -0.05) is 24.3 Å². The molecule has 2 fully saturated rings. The fraction of sp³-hybridized carbons (Fsp3) is 0.269. The second kappa shape index (κ2) is 8.19. The Hall–Kier alpha value is -4.27. The molecule has 1 aromatic carbocycles. The summed E-state index contributed by atoms with van der Waals surface area (Å²) >= 11 is 0. The topological polar surface area (TPSA) is 112 Å². The monoisotopic (exact) mass is 467 g/mol. The van der Waals surface area contributed by atoms with Crippen LogP contribution in [0, 0.1) is 5.41 Å². The number of nitrogen functional groups attached to an aromatic ring is 1. The van der Waals surface area contributed by atoms with Gasteiger partial charge in [0.1, 0.15) is 23.6 Å². The average molecular weight is 468 g/mol. The van der Waals surface area contributed by atoms with Crippen LogP contribution in [0.3, 0.4) is 0 Å². The number of aromatic nitrogens is 5. The molecule has 4 heterocycles. The van der Waals surface area contributed by atoms with Gasteiger partial charge >= 0.3 is 0 Å². The van der Waals surface area contributed by atoms with Gasteiger partial charge in [0.25, 0.3) is 0 Å². The van der Waals surface area contributed by atoms with E-state index in [1.54, 1.807) is 18.3 Å². The second-order valence-corrected chi connectivity index (χ2v) is 9.31. The lowest BCUT2D eigenvalue weighted by molar-refractivity contribution is -0.148. The summed E-state index contributed by atoms with van der Waals surface area (Å²) < 4.78 is 7.79. The molecule has 1 aliphatic heterocycles. The largest absolute Gasteiger partial charge is 0.439 e. The third-order valence-corrected chi connectivity index (χ3v) is 6.85. The molecular formula is C26H25N7O2. The number of hydrogen-bond acceptors (Lipinski definition) is 7. The maximum Gasteiger partial charge on any atom is 0.246 e. The Morgan fingerprint density at radius 2 is 1.91 bits per heavy atom. The van der Waals surface area contributed by atoms with Gasteiger partial charge in [0, 0.05) is 36.3 Å². The van der Waals surface area contributed by atoms with Crippen LogP contribution >= 0.6 is 0 Å². The van der Waals surface area contributed by atoms with E-state index < -0.39 is 0 Å². The molecule has 0 bridgehead atoms. The van der Waals surface area contributed by atoms with Gasteiger partial charge in [-0.15, -0.1) is 0 Å². The molecule has 176 valence electrons. The second-order valence-electron chi connectivity index (χ2n) is 9.31. The number of amides is 1. The van der Waals surface area contributed by atoms with E-state index in [2.05, 4.69) is 15.0 Å². The molecule has 0 atom stereocenters. The number of nitrogens with zero attached hydrogens (tertiary/aromatic N) is 6. The minimum Gasteiger partial charge on any atom is -0.439 e. The van der Waals surface area contributed by atoms with E-state index in [-0.39, 0.29) is 17.4 Å². The molecule has 9 nitrogen and oxygen atoms in total. The molecule has 4 aromatic rings. The van der Waals surface area contributed by atoms with Gasteiger partial charge in [0.15, 0.2) is 5.65 Å². The molecule has 9 heteroatoms. The van der Waals surface area contributed by atoms with Crippen molar-refractivity contribution in [3.05, 3.63) is 67.1 Å². The summed E-state index contributed by atoms with van der Waals surface area (Å²) in [5.74, 6) is 1.69. The smallest absolute Gasteiger partial charge is 0.246 e. The van der Waals surface area contributed by atoms with E-state index in [1.807, 2.05) is 59.0 Å². The lowest BCUT2D eigenvalue weighted by Crippen LogP contribution is -2.63. The van der Waals surface area contributed by atoms with Crippen molar-refractivity contribution in [2.45, 2.75) is 25.8 Å². The number of allylic oxidation sites excluding steroid dienone is 1. The number of para-hydroxylation sites is 1. The van der Waals surface area contributed by atoms with Crippen LogP contribution in [0.4, 0.5) is 5.82 Å². The zero-order valence-corrected chi connectivity index (χ0v) is 19.3. The van der Waals surface area contributed by atoms with Gasteiger partial charge in [-0.25, -0.2) is 19.6 Å². The molecule has 1 aliphatic carbocycles. The fourth-order valence-electron chi connectivity index (χ4n) is 5.18. The zero-order valence-electron chi connectivity index (χ0n) is 19.3. The number of carbonyl (C=O) groups is 1. The molecule has 1 spiro atoms. The Labute approximate surface area is 202 Å². The molecule has 0 unspecified atom stereocenters. The highest BCUT2D eigenvalue weighted by atomic mass is 16.5. The minimum atomic E-state index is 0.0844. The van der Waals surface area contributed by atoms with E-state index >= 15 is 0 Å². The van der Waals surface area contributed by atoms with E-state index in [1.165, 1.54) is 6.33 Å². The minimum absolute atomic E-state index is 0.0844. The van der Waals surface area contributed by atoms with Crippen molar-refractivity contribution in [2.75, 3.05) is 18.8 Å². The lowest BCUT2D eigenvalue weighted by Gasteiger charge is -2.58. The molecule has 1 saturated carbocycles. The predicted octanol–water partition coefficient (Wildman–Crippen LogP) is 4.00. The van der Waals surface area contributed by atoms with Crippen molar-refractivity contribution < 1.29 is 9.53 Å². The molecule has 0 radical (unpaired) electrons. The van der Waals surface area contributed by atoms with E-state index in [4.69, 9.17) is 15.6 Å². The molecule has 1 saturated heterocycles. The first-order chi connectivity index (χ1) is 17.0. The van der Waals surface area contributed by atoms with Crippen LogP contribution in [0.2, 0.25) is 0 Å². The summed E-state index contributed by atoms with van der Waals surface area (Å²) in [6.07, 6.45) is 8.53. The summed E-state index contributed by atoms with van der Waals surface area (Å²) in [5.41, 5.74) is 8.69. The quantitative estimate of drug-likeness (QED) is 0.442. The standard InChI is InChI=1S/C26H25N7O2/c1-2-6-21(34)32-14-26(15-32)11-18(12-26)33-25-22(24(27)29-16-30-25)23(31-33)17-9-10-20(28-13-17)35-19-7-4-3-5-8-19/h2-10,13,16,18H,11-12,14-15H2,1H3,(H2,27,29,30)/b6-2+. The van der Waals surface area contributed by atoms with Gasteiger partial charge < -0.3 is 15.4 Å². The van der Waals surface area contributed by atoms with E-state index in [0.717, 1.165) is 48.3 Å².